The summed E-state index contributed by atoms with van der Waals surface area (Å²) in [5.74, 6) is 2.01. The first-order valence-electron chi connectivity index (χ1n) is 7.86. The molecule has 1 amide bonds. The topological polar surface area (TPSA) is 46.3 Å². The molecule has 0 aliphatic heterocycles. The van der Waals surface area contributed by atoms with Crippen molar-refractivity contribution in [2.75, 3.05) is 17.2 Å². The van der Waals surface area contributed by atoms with Crippen LogP contribution in [0.25, 0.3) is 0 Å². The molecule has 2 N–H and O–H groups in total. The minimum atomic E-state index is 0.252. The first-order chi connectivity index (χ1) is 9.69. The number of benzene rings is 1. The van der Waals surface area contributed by atoms with Crippen molar-refractivity contribution in [1.29, 1.82) is 0 Å². The molecule has 1 aromatic rings. The van der Waals surface area contributed by atoms with Crippen molar-refractivity contribution in [1.82, 2.24) is 0 Å². The third-order valence-corrected chi connectivity index (χ3v) is 4.95. The predicted molar refractivity (Wildman–Crippen MR) is 82.4 cm³/mol. The Morgan fingerprint density at radius 1 is 1.35 bits per heavy atom. The summed E-state index contributed by atoms with van der Waals surface area (Å²) in [6, 6.07) is 7.72. The third-order valence-electron chi connectivity index (χ3n) is 4.95. The number of rotatable bonds is 4. The standard InChI is InChI=1S/C17H24N2O/c1-2-8-19(15-5-3-4-14(18)11-15)17(20)16-10-12-6-7-13(16)9-12/h3-5,11-13,16H,2,6-10,18H2,1H3. The molecule has 2 saturated carbocycles. The van der Waals surface area contributed by atoms with Crippen molar-refractivity contribution in [2.45, 2.75) is 39.0 Å². The number of nitrogens with two attached hydrogens (primary N) is 1. The molecule has 1 aromatic carbocycles. The van der Waals surface area contributed by atoms with E-state index in [0.29, 0.717) is 11.8 Å². The van der Waals surface area contributed by atoms with Crippen LogP contribution in [-0.4, -0.2) is 12.5 Å². The van der Waals surface area contributed by atoms with Gasteiger partial charge in [0.2, 0.25) is 5.91 Å². The molecule has 2 aliphatic rings. The van der Waals surface area contributed by atoms with E-state index >= 15 is 0 Å². The van der Waals surface area contributed by atoms with Crippen LogP contribution in [-0.2, 0) is 4.79 Å². The molecule has 0 radical (unpaired) electrons. The molecule has 2 fully saturated rings. The molecule has 0 aromatic heterocycles. The van der Waals surface area contributed by atoms with E-state index in [0.717, 1.165) is 36.7 Å². The second-order valence-corrected chi connectivity index (χ2v) is 6.37. The summed E-state index contributed by atoms with van der Waals surface area (Å²) in [5, 5.41) is 0. The van der Waals surface area contributed by atoms with Crippen molar-refractivity contribution in [3.05, 3.63) is 24.3 Å². The Bertz CT molecular complexity index is 500. The van der Waals surface area contributed by atoms with Crippen molar-refractivity contribution in [3.63, 3.8) is 0 Å². The van der Waals surface area contributed by atoms with E-state index in [-0.39, 0.29) is 5.92 Å². The maximum atomic E-state index is 12.9. The lowest BCUT2D eigenvalue weighted by atomic mass is 9.87. The molecular formula is C17H24N2O. The summed E-state index contributed by atoms with van der Waals surface area (Å²) in [7, 11) is 0. The second-order valence-electron chi connectivity index (χ2n) is 6.37. The summed E-state index contributed by atoms with van der Waals surface area (Å²) in [6.07, 6.45) is 5.93. The zero-order chi connectivity index (χ0) is 14.1. The lowest BCUT2D eigenvalue weighted by molar-refractivity contribution is -0.123. The van der Waals surface area contributed by atoms with Gasteiger partial charge in [-0.1, -0.05) is 19.4 Å². The molecule has 3 nitrogen and oxygen atoms in total. The van der Waals surface area contributed by atoms with Gasteiger partial charge in [0.25, 0.3) is 0 Å². The highest BCUT2D eigenvalue weighted by Crippen LogP contribution is 2.49. The molecule has 20 heavy (non-hydrogen) atoms. The predicted octanol–water partition coefficient (Wildman–Crippen LogP) is 3.45. The van der Waals surface area contributed by atoms with Gasteiger partial charge in [-0.2, -0.15) is 0 Å². The van der Waals surface area contributed by atoms with E-state index in [1.807, 2.05) is 29.2 Å². The van der Waals surface area contributed by atoms with E-state index < -0.39 is 0 Å². The zero-order valence-corrected chi connectivity index (χ0v) is 12.2. The molecule has 0 saturated heterocycles. The van der Waals surface area contributed by atoms with Crippen LogP contribution < -0.4 is 10.6 Å². The zero-order valence-electron chi connectivity index (χ0n) is 12.2. The van der Waals surface area contributed by atoms with Crippen molar-refractivity contribution >= 4 is 17.3 Å². The maximum absolute atomic E-state index is 12.9. The van der Waals surface area contributed by atoms with Crippen LogP contribution >= 0.6 is 0 Å². The Balaban J connectivity index is 1.81. The van der Waals surface area contributed by atoms with E-state index in [1.54, 1.807) is 0 Å². The highest BCUT2D eigenvalue weighted by Gasteiger charge is 2.44. The number of carbonyl (C=O) groups excluding carboxylic acids is 1. The van der Waals surface area contributed by atoms with E-state index in [1.165, 1.54) is 19.3 Å². The SMILES string of the molecule is CCCN(C(=O)C1CC2CCC1C2)c1cccc(N)c1. The Morgan fingerprint density at radius 3 is 2.80 bits per heavy atom. The lowest BCUT2D eigenvalue weighted by Gasteiger charge is -2.29. The molecule has 3 heteroatoms. The highest BCUT2D eigenvalue weighted by atomic mass is 16.2. The molecule has 2 aliphatic carbocycles. The van der Waals surface area contributed by atoms with Gasteiger partial charge in [-0.3, -0.25) is 4.79 Å². The monoisotopic (exact) mass is 272 g/mol. The Kier molecular flexibility index (Phi) is 3.68. The molecule has 3 rings (SSSR count). The van der Waals surface area contributed by atoms with Crippen LogP contribution in [0, 0.1) is 17.8 Å². The number of carbonyl (C=O) groups is 1. The lowest BCUT2D eigenvalue weighted by Crippen LogP contribution is -2.39. The molecule has 3 unspecified atom stereocenters. The molecule has 2 bridgehead atoms. The van der Waals surface area contributed by atoms with Gasteiger partial charge in [-0.05, 0) is 55.7 Å². The highest BCUT2D eigenvalue weighted by molar-refractivity contribution is 5.95. The summed E-state index contributed by atoms with van der Waals surface area (Å²) >= 11 is 0. The normalized spacial score (nSPS) is 27.8. The number of anilines is 2. The van der Waals surface area contributed by atoms with Crippen LogP contribution in [0.5, 0.6) is 0 Å². The van der Waals surface area contributed by atoms with Gasteiger partial charge < -0.3 is 10.6 Å². The Hall–Kier alpha value is -1.51. The molecule has 0 heterocycles. The molecule has 108 valence electrons. The van der Waals surface area contributed by atoms with Gasteiger partial charge in [0.1, 0.15) is 0 Å². The smallest absolute Gasteiger partial charge is 0.230 e. The number of hydrogen-bond donors (Lipinski definition) is 1. The molecule has 3 atom stereocenters. The van der Waals surface area contributed by atoms with Gasteiger partial charge in [-0.15, -0.1) is 0 Å². The Labute approximate surface area is 121 Å². The van der Waals surface area contributed by atoms with Crippen LogP contribution in [0.1, 0.15) is 39.0 Å². The largest absolute Gasteiger partial charge is 0.399 e. The average Bonchev–Trinajstić information content (AvgIpc) is 3.06. The van der Waals surface area contributed by atoms with Crippen molar-refractivity contribution < 1.29 is 4.79 Å². The van der Waals surface area contributed by atoms with Crippen molar-refractivity contribution in [3.8, 4) is 0 Å². The minimum absolute atomic E-state index is 0.252. The maximum Gasteiger partial charge on any atom is 0.230 e. The molecular weight excluding hydrogens is 248 g/mol. The second kappa shape index (κ2) is 5.47. The van der Waals surface area contributed by atoms with E-state index in [2.05, 4.69) is 6.92 Å². The van der Waals surface area contributed by atoms with Crippen molar-refractivity contribution in [2.24, 2.45) is 17.8 Å². The summed E-state index contributed by atoms with van der Waals surface area (Å²) in [5.41, 5.74) is 7.55. The number of fused-ring (bicyclic) bond motifs is 2. The summed E-state index contributed by atoms with van der Waals surface area (Å²) < 4.78 is 0. The number of hydrogen-bond acceptors (Lipinski definition) is 2. The number of amides is 1. The number of nitrogen functional groups attached to an aromatic ring is 1. The fourth-order valence-electron chi connectivity index (χ4n) is 4.03. The first-order valence-corrected chi connectivity index (χ1v) is 7.86. The average molecular weight is 272 g/mol. The summed E-state index contributed by atoms with van der Waals surface area (Å²) in [6.45, 7) is 2.91. The quantitative estimate of drug-likeness (QED) is 0.853. The van der Waals surface area contributed by atoms with E-state index in [9.17, 15) is 4.79 Å². The minimum Gasteiger partial charge on any atom is -0.399 e. The molecule has 0 spiro atoms. The van der Waals surface area contributed by atoms with Crippen LogP contribution in [0.2, 0.25) is 0 Å². The van der Waals surface area contributed by atoms with Crippen LogP contribution in [0.4, 0.5) is 11.4 Å². The number of nitrogens with zero attached hydrogens (tertiary/aromatic N) is 1. The fourth-order valence-corrected chi connectivity index (χ4v) is 4.03. The van der Waals surface area contributed by atoms with Gasteiger partial charge >= 0.3 is 0 Å². The van der Waals surface area contributed by atoms with Gasteiger partial charge in [-0.25, -0.2) is 0 Å². The first kappa shape index (κ1) is 13.5. The Morgan fingerprint density at radius 2 is 2.20 bits per heavy atom. The van der Waals surface area contributed by atoms with Gasteiger partial charge in [0, 0.05) is 23.8 Å². The van der Waals surface area contributed by atoms with Crippen LogP contribution in [0.3, 0.4) is 0 Å². The van der Waals surface area contributed by atoms with Gasteiger partial charge in [0.05, 0.1) is 0 Å². The van der Waals surface area contributed by atoms with Crippen LogP contribution in [0.15, 0.2) is 24.3 Å². The van der Waals surface area contributed by atoms with Gasteiger partial charge in [0.15, 0.2) is 0 Å². The fraction of sp³-hybridized carbons (Fsp3) is 0.588. The van der Waals surface area contributed by atoms with E-state index in [4.69, 9.17) is 5.73 Å². The summed E-state index contributed by atoms with van der Waals surface area (Å²) in [4.78, 5) is 14.9. The third kappa shape index (κ3) is 2.41.